The van der Waals surface area contributed by atoms with E-state index in [1.807, 2.05) is 31.2 Å². The van der Waals surface area contributed by atoms with Gasteiger partial charge in [0, 0.05) is 0 Å². The molecule has 1 aliphatic rings. The van der Waals surface area contributed by atoms with Crippen molar-refractivity contribution in [1.82, 2.24) is 10.2 Å². The first-order valence-electron chi connectivity index (χ1n) is 5.89. The van der Waals surface area contributed by atoms with Crippen LogP contribution < -0.4 is 10.1 Å². The lowest BCUT2D eigenvalue weighted by Gasteiger charge is -2.26. The molecule has 0 atom stereocenters. The number of nitrogens with zero attached hydrogens (tertiary/aromatic N) is 1. The normalized spacial score (nSPS) is 15.5. The number of carbonyl (C=O) groups is 2. The summed E-state index contributed by atoms with van der Waals surface area (Å²) in [6.07, 6.45) is 0. The monoisotopic (exact) mass is 248 g/mol. The zero-order valence-electron chi connectivity index (χ0n) is 10.3. The molecule has 1 aromatic rings. The molecule has 5 heteroatoms. The average Bonchev–Trinajstić information content (AvgIpc) is 2.34. The molecule has 1 fully saturated rings. The van der Waals surface area contributed by atoms with Gasteiger partial charge in [0.05, 0.1) is 19.6 Å². The Bertz CT molecular complexity index is 459. The first kappa shape index (κ1) is 12.4. The molecule has 1 N–H and O–H groups in total. The molecular formula is C13H16N2O3. The van der Waals surface area contributed by atoms with Gasteiger partial charge in [0.25, 0.3) is 0 Å². The van der Waals surface area contributed by atoms with Crippen LogP contribution in [0.1, 0.15) is 5.56 Å². The summed E-state index contributed by atoms with van der Waals surface area (Å²) in [5, 5.41) is 2.51. The predicted octanol–water partition coefficient (Wildman–Crippen LogP) is 0.332. The summed E-state index contributed by atoms with van der Waals surface area (Å²) in [4.78, 5) is 24.2. The summed E-state index contributed by atoms with van der Waals surface area (Å²) in [5.74, 6) is 0.594. The van der Waals surface area contributed by atoms with E-state index in [2.05, 4.69) is 5.32 Å². The summed E-state index contributed by atoms with van der Waals surface area (Å²) in [5.41, 5.74) is 1.13. The Labute approximate surface area is 106 Å². The van der Waals surface area contributed by atoms with Crippen LogP contribution >= 0.6 is 0 Å². The Morgan fingerprint density at radius 3 is 3.00 bits per heavy atom. The SMILES string of the molecule is Cc1cccc(OCCN2CC(=O)NCC2=O)c1. The highest BCUT2D eigenvalue weighted by Crippen LogP contribution is 2.12. The second-order valence-corrected chi connectivity index (χ2v) is 4.26. The van der Waals surface area contributed by atoms with Crippen LogP contribution in [0, 0.1) is 6.92 Å². The van der Waals surface area contributed by atoms with Crippen molar-refractivity contribution in [1.29, 1.82) is 0 Å². The largest absolute Gasteiger partial charge is 0.492 e. The predicted molar refractivity (Wildman–Crippen MR) is 66.3 cm³/mol. The molecule has 0 unspecified atom stereocenters. The third kappa shape index (κ3) is 3.23. The fourth-order valence-electron chi connectivity index (χ4n) is 1.79. The number of benzene rings is 1. The maximum absolute atomic E-state index is 11.5. The maximum Gasteiger partial charge on any atom is 0.242 e. The average molecular weight is 248 g/mol. The lowest BCUT2D eigenvalue weighted by molar-refractivity contribution is -0.140. The summed E-state index contributed by atoms with van der Waals surface area (Å²) >= 11 is 0. The molecule has 0 aliphatic carbocycles. The molecule has 0 radical (unpaired) electrons. The van der Waals surface area contributed by atoms with Crippen LogP contribution in [0.5, 0.6) is 5.75 Å². The minimum atomic E-state index is -0.120. The van der Waals surface area contributed by atoms with Gasteiger partial charge in [0.1, 0.15) is 12.4 Å². The lowest BCUT2D eigenvalue weighted by Crippen LogP contribution is -2.52. The third-order valence-electron chi connectivity index (χ3n) is 2.74. The second kappa shape index (κ2) is 5.53. The fraction of sp³-hybridized carbons (Fsp3) is 0.385. The quantitative estimate of drug-likeness (QED) is 0.835. The maximum atomic E-state index is 11.5. The van der Waals surface area contributed by atoms with Crippen molar-refractivity contribution in [2.45, 2.75) is 6.92 Å². The van der Waals surface area contributed by atoms with Crippen molar-refractivity contribution in [3.63, 3.8) is 0 Å². The Morgan fingerprint density at radius 1 is 1.39 bits per heavy atom. The Balaban J connectivity index is 1.81. The molecule has 1 saturated heterocycles. The highest BCUT2D eigenvalue weighted by atomic mass is 16.5. The Morgan fingerprint density at radius 2 is 2.22 bits per heavy atom. The molecule has 0 bridgehead atoms. The topological polar surface area (TPSA) is 58.6 Å². The number of hydrogen-bond donors (Lipinski definition) is 1. The Kier molecular flexibility index (Phi) is 3.82. The molecule has 1 aliphatic heterocycles. The number of amides is 2. The number of nitrogens with one attached hydrogen (secondary N) is 1. The van der Waals surface area contributed by atoms with Crippen molar-refractivity contribution < 1.29 is 14.3 Å². The molecule has 5 nitrogen and oxygen atoms in total. The summed E-state index contributed by atoms with van der Waals surface area (Å²) < 4.78 is 5.55. The first-order valence-corrected chi connectivity index (χ1v) is 5.89. The minimum Gasteiger partial charge on any atom is -0.492 e. The second-order valence-electron chi connectivity index (χ2n) is 4.26. The van der Waals surface area contributed by atoms with Gasteiger partial charge in [-0.2, -0.15) is 0 Å². The van der Waals surface area contributed by atoms with E-state index in [1.54, 1.807) is 0 Å². The van der Waals surface area contributed by atoms with Crippen LogP contribution in [0.3, 0.4) is 0 Å². The van der Waals surface area contributed by atoms with E-state index in [1.165, 1.54) is 4.90 Å². The van der Waals surface area contributed by atoms with Crippen LogP contribution in [-0.4, -0.2) is 43.0 Å². The van der Waals surface area contributed by atoms with E-state index in [0.29, 0.717) is 13.2 Å². The standard InChI is InChI=1S/C13H16N2O3/c1-10-3-2-4-11(7-10)18-6-5-15-9-12(16)14-8-13(15)17/h2-4,7H,5-6,8-9H2,1H3,(H,14,16). The van der Waals surface area contributed by atoms with Gasteiger partial charge >= 0.3 is 0 Å². The zero-order valence-corrected chi connectivity index (χ0v) is 10.3. The van der Waals surface area contributed by atoms with E-state index in [-0.39, 0.29) is 24.9 Å². The molecule has 0 aromatic heterocycles. The van der Waals surface area contributed by atoms with Crippen molar-refractivity contribution in [3.8, 4) is 5.75 Å². The molecule has 1 aromatic carbocycles. The van der Waals surface area contributed by atoms with Gasteiger partial charge in [0.15, 0.2) is 0 Å². The van der Waals surface area contributed by atoms with E-state index >= 15 is 0 Å². The van der Waals surface area contributed by atoms with Gasteiger partial charge in [-0.15, -0.1) is 0 Å². The van der Waals surface area contributed by atoms with Gasteiger partial charge < -0.3 is 15.0 Å². The van der Waals surface area contributed by atoms with Gasteiger partial charge in [-0.1, -0.05) is 12.1 Å². The lowest BCUT2D eigenvalue weighted by atomic mass is 10.2. The van der Waals surface area contributed by atoms with E-state index < -0.39 is 0 Å². The number of carbonyl (C=O) groups excluding carboxylic acids is 2. The van der Waals surface area contributed by atoms with Gasteiger partial charge in [-0.25, -0.2) is 0 Å². The van der Waals surface area contributed by atoms with Crippen LogP contribution in [0.25, 0.3) is 0 Å². The van der Waals surface area contributed by atoms with E-state index in [0.717, 1.165) is 11.3 Å². The van der Waals surface area contributed by atoms with Crippen molar-refractivity contribution in [2.24, 2.45) is 0 Å². The molecule has 96 valence electrons. The number of piperazine rings is 1. The number of aryl methyl sites for hydroxylation is 1. The Hall–Kier alpha value is -2.04. The minimum absolute atomic E-state index is 0.0672. The van der Waals surface area contributed by atoms with Crippen LogP contribution in [0.15, 0.2) is 24.3 Å². The van der Waals surface area contributed by atoms with Crippen LogP contribution in [-0.2, 0) is 9.59 Å². The number of ether oxygens (including phenoxy) is 1. The molecule has 18 heavy (non-hydrogen) atoms. The molecule has 0 saturated carbocycles. The zero-order chi connectivity index (χ0) is 13.0. The molecule has 1 heterocycles. The van der Waals surface area contributed by atoms with E-state index in [4.69, 9.17) is 4.74 Å². The van der Waals surface area contributed by atoms with Gasteiger partial charge in [0.2, 0.25) is 11.8 Å². The molecule has 2 rings (SSSR count). The van der Waals surface area contributed by atoms with Crippen molar-refractivity contribution in [2.75, 3.05) is 26.2 Å². The smallest absolute Gasteiger partial charge is 0.242 e. The van der Waals surface area contributed by atoms with Crippen LogP contribution in [0.4, 0.5) is 0 Å². The first-order chi connectivity index (χ1) is 8.65. The summed E-state index contributed by atoms with van der Waals surface area (Å²) in [6.45, 7) is 3.02. The van der Waals surface area contributed by atoms with E-state index in [9.17, 15) is 9.59 Å². The fourth-order valence-corrected chi connectivity index (χ4v) is 1.79. The van der Waals surface area contributed by atoms with Gasteiger partial charge in [-0.05, 0) is 24.6 Å². The molecular weight excluding hydrogens is 232 g/mol. The van der Waals surface area contributed by atoms with Crippen molar-refractivity contribution >= 4 is 11.8 Å². The van der Waals surface area contributed by atoms with Gasteiger partial charge in [-0.3, -0.25) is 9.59 Å². The van der Waals surface area contributed by atoms with Crippen molar-refractivity contribution in [3.05, 3.63) is 29.8 Å². The number of hydrogen-bond acceptors (Lipinski definition) is 3. The molecule has 0 spiro atoms. The summed E-state index contributed by atoms with van der Waals surface area (Å²) in [6, 6.07) is 7.72. The molecule has 2 amide bonds. The third-order valence-corrected chi connectivity index (χ3v) is 2.74. The highest BCUT2D eigenvalue weighted by Gasteiger charge is 2.22. The highest BCUT2D eigenvalue weighted by molar-refractivity contribution is 5.92. The van der Waals surface area contributed by atoms with Crippen LogP contribution in [0.2, 0.25) is 0 Å². The summed E-state index contributed by atoms with van der Waals surface area (Å²) in [7, 11) is 0. The number of rotatable bonds is 4.